The smallest absolute Gasteiger partial charge is 0.337 e. The summed E-state index contributed by atoms with van der Waals surface area (Å²) in [7, 11) is 0. The topological polar surface area (TPSA) is 54.3 Å². The largest absolute Gasteiger partial charge is 0.478 e. The lowest BCUT2D eigenvalue weighted by molar-refractivity contribution is 0.0694. The minimum Gasteiger partial charge on any atom is -0.478 e. The predicted octanol–water partition coefficient (Wildman–Crippen LogP) is 5.05. The van der Waals surface area contributed by atoms with Gasteiger partial charge in [0.1, 0.15) is 0 Å². The summed E-state index contributed by atoms with van der Waals surface area (Å²) in [4.78, 5) is 12.0. The summed E-state index contributed by atoms with van der Waals surface area (Å²) >= 11 is 0. The second kappa shape index (κ2) is 9.10. The molecule has 4 heteroatoms. The molecule has 0 saturated carbocycles. The fraction of sp³-hybridized carbons (Fsp3) is 0.320. The predicted molar refractivity (Wildman–Crippen MR) is 118 cm³/mol. The van der Waals surface area contributed by atoms with Crippen LogP contribution in [0.25, 0.3) is 0 Å². The summed E-state index contributed by atoms with van der Waals surface area (Å²) in [5, 5.41) is 13.3. The Balaban J connectivity index is 1.81. The standard InChI is InChI=1S/C25H30N2O2/c1-17-10-8-9-13-22(17)16-27-19(3)23(24(20(27)4)25(28)29)15-26-14-18(2)21-11-6-5-7-12-21/h5-13,18,26H,14-16H2,1-4H3,(H,28,29)/t18-/m0/s1. The van der Waals surface area contributed by atoms with Crippen LogP contribution in [0.15, 0.2) is 54.6 Å². The fourth-order valence-electron chi connectivity index (χ4n) is 3.96. The average Bonchev–Trinajstić information content (AvgIpc) is 2.94. The molecule has 3 rings (SSSR count). The van der Waals surface area contributed by atoms with Gasteiger partial charge in [-0.25, -0.2) is 4.79 Å². The minimum absolute atomic E-state index is 0.361. The number of carboxylic acids is 1. The monoisotopic (exact) mass is 390 g/mol. The number of nitrogens with one attached hydrogen (secondary N) is 1. The van der Waals surface area contributed by atoms with Crippen molar-refractivity contribution >= 4 is 5.97 Å². The van der Waals surface area contributed by atoms with Crippen LogP contribution in [-0.2, 0) is 13.1 Å². The van der Waals surface area contributed by atoms with E-state index in [1.165, 1.54) is 16.7 Å². The van der Waals surface area contributed by atoms with E-state index in [0.29, 0.717) is 24.6 Å². The molecule has 152 valence electrons. The van der Waals surface area contributed by atoms with Crippen LogP contribution in [0.1, 0.15) is 56.8 Å². The van der Waals surface area contributed by atoms with E-state index >= 15 is 0 Å². The maximum absolute atomic E-state index is 12.0. The average molecular weight is 391 g/mol. The van der Waals surface area contributed by atoms with Gasteiger partial charge in [-0.05, 0) is 43.4 Å². The van der Waals surface area contributed by atoms with E-state index in [1.54, 1.807) is 0 Å². The van der Waals surface area contributed by atoms with Gasteiger partial charge in [0.15, 0.2) is 0 Å². The molecule has 3 aromatic rings. The lowest BCUT2D eigenvalue weighted by Crippen LogP contribution is -2.21. The molecule has 0 aliphatic carbocycles. The minimum atomic E-state index is -0.859. The molecule has 2 aromatic carbocycles. The molecule has 1 atom stereocenters. The number of carboxylic acid groups (broad SMARTS) is 1. The first-order valence-corrected chi connectivity index (χ1v) is 10.1. The van der Waals surface area contributed by atoms with Gasteiger partial charge in [-0.1, -0.05) is 61.5 Å². The van der Waals surface area contributed by atoms with Crippen molar-refractivity contribution in [3.8, 4) is 0 Å². The maximum Gasteiger partial charge on any atom is 0.337 e. The molecule has 2 N–H and O–H groups in total. The third kappa shape index (κ3) is 4.60. The molecule has 0 fully saturated rings. The van der Waals surface area contributed by atoms with Crippen LogP contribution in [0, 0.1) is 20.8 Å². The summed E-state index contributed by atoms with van der Waals surface area (Å²) in [5.41, 5.74) is 6.84. The Morgan fingerprint density at radius 3 is 2.31 bits per heavy atom. The molecule has 1 aromatic heterocycles. The van der Waals surface area contributed by atoms with Crippen molar-refractivity contribution in [2.24, 2.45) is 0 Å². The van der Waals surface area contributed by atoms with Crippen LogP contribution in [0.5, 0.6) is 0 Å². The molecule has 1 heterocycles. The molecule has 0 unspecified atom stereocenters. The van der Waals surface area contributed by atoms with E-state index in [9.17, 15) is 9.90 Å². The highest BCUT2D eigenvalue weighted by Crippen LogP contribution is 2.25. The number of rotatable bonds is 8. The molecule has 4 nitrogen and oxygen atoms in total. The van der Waals surface area contributed by atoms with Crippen molar-refractivity contribution in [3.05, 3.63) is 93.8 Å². The van der Waals surface area contributed by atoms with Crippen molar-refractivity contribution < 1.29 is 9.90 Å². The molecule has 0 amide bonds. The number of aromatic nitrogens is 1. The molecule has 29 heavy (non-hydrogen) atoms. The number of nitrogens with zero attached hydrogens (tertiary/aromatic N) is 1. The number of carbonyl (C=O) groups is 1. The van der Waals surface area contributed by atoms with Crippen LogP contribution < -0.4 is 5.32 Å². The Morgan fingerprint density at radius 1 is 1.00 bits per heavy atom. The Hall–Kier alpha value is -2.85. The Labute approximate surface area is 173 Å². The van der Waals surface area contributed by atoms with Crippen molar-refractivity contribution in [2.75, 3.05) is 6.54 Å². The molecule has 0 saturated heterocycles. The van der Waals surface area contributed by atoms with Crippen LogP contribution in [0.4, 0.5) is 0 Å². The van der Waals surface area contributed by atoms with E-state index in [0.717, 1.165) is 23.5 Å². The quantitative estimate of drug-likeness (QED) is 0.566. The van der Waals surface area contributed by atoms with Gasteiger partial charge in [-0.3, -0.25) is 0 Å². The van der Waals surface area contributed by atoms with Gasteiger partial charge in [0.05, 0.1) is 5.56 Å². The van der Waals surface area contributed by atoms with Crippen molar-refractivity contribution in [1.29, 1.82) is 0 Å². The van der Waals surface area contributed by atoms with Gasteiger partial charge in [0, 0.05) is 36.6 Å². The van der Waals surface area contributed by atoms with E-state index < -0.39 is 5.97 Å². The number of hydrogen-bond acceptors (Lipinski definition) is 2. The third-order valence-electron chi connectivity index (χ3n) is 5.83. The van der Waals surface area contributed by atoms with Crippen LogP contribution in [-0.4, -0.2) is 22.2 Å². The number of benzene rings is 2. The summed E-state index contributed by atoms with van der Waals surface area (Å²) in [5.74, 6) is -0.498. The van der Waals surface area contributed by atoms with E-state index in [-0.39, 0.29) is 0 Å². The van der Waals surface area contributed by atoms with Crippen molar-refractivity contribution in [1.82, 2.24) is 9.88 Å². The van der Waals surface area contributed by atoms with E-state index in [2.05, 4.69) is 48.0 Å². The molecule has 0 aliphatic rings. The molecule has 0 spiro atoms. The van der Waals surface area contributed by atoms with Gasteiger partial charge >= 0.3 is 5.97 Å². The second-order valence-corrected chi connectivity index (χ2v) is 7.78. The highest BCUT2D eigenvalue weighted by molar-refractivity contribution is 5.91. The van der Waals surface area contributed by atoms with E-state index in [1.807, 2.05) is 44.2 Å². The first-order chi connectivity index (χ1) is 13.9. The summed E-state index contributed by atoms with van der Waals surface area (Å²) in [6.45, 7) is 10.2. The zero-order valence-electron chi connectivity index (χ0n) is 17.7. The third-order valence-corrected chi connectivity index (χ3v) is 5.83. The SMILES string of the molecule is Cc1ccccc1Cn1c(C)c(CNC[C@H](C)c2ccccc2)c(C(=O)O)c1C. The van der Waals surface area contributed by atoms with Crippen LogP contribution in [0.3, 0.4) is 0 Å². The van der Waals surface area contributed by atoms with Gasteiger partial charge < -0.3 is 15.0 Å². The van der Waals surface area contributed by atoms with Crippen LogP contribution >= 0.6 is 0 Å². The first-order valence-electron chi connectivity index (χ1n) is 10.1. The normalized spacial score (nSPS) is 12.1. The zero-order chi connectivity index (χ0) is 21.0. The molecule has 0 bridgehead atoms. The molecule has 0 aliphatic heterocycles. The van der Waals surface area contributed by atoms with Gasteiger partial charge in [-0.2, -0.15) is 0 Å². The van der Waals surface area contributed by atoms with Crippen LogP contribution in [0.2, 0.25) is 0 Å². The maximum atomic E-state index is 12.0. The van der Waals surface area contributed by atoms with E-state index in [4.69, 9.17) is 0 Å². The summed E-state index contributed by atoms with van der Waals surface area (Å²) in [6, 6.07) is 18.6. The highest BCUT2D eigenvalue weighted by Gasteiger charge is 2.22. The lowest BCUT2D eigenvalue weighted by atomic mass is 10.0. The highest BCUT2D eigenvalue weighted by atomic mass is 16.4. The first kappa shape index (κ1) is 20.9. The Kier molecular flexibility index (Phi) is 6.55. The number of aromatic carboxylic acids is 1. The Bertz CT molecular complexity index is 990. The summed E-state index contributed by atoms with van der Waals surface area (Å²) in [6.07, 6.45) is 0. The van der Waals surface area contributed by atoms with Gasteiger partial charge in [-0.15, -0.1) is 0 Å². The fourth-order valence-corrected chi connectivity index (χ4v) is 3.96. The Morgan fingerprint density at radius 2 is 1.66 bits per heavy atom. The molecular weight excluding hydrogens is 360 g/mol. The van der Waals surface area contributed by atoms with Gasteiger partial charge in [0.2, 0.25) is 0 Å². The van der Waals surface area contributed by atoms with Crippen molar-refractivity contribution in [2.45, 2.75) is 46.7 Å². The number of hydrogen-bond donors (Lipinski definition) is 2. The zero-order valence-corrected chi connectivity index (χ0v) is 17.7. The molecule has 0 radical (unpaired) electrons. The molecular formula is C25H30N2O2. The summed E-state index contributed by atoms with van der Waals surface area (Å²) < 4.78 is 2.13. The van der Waals surface area contributed by atoms with Crippen molar-refractivity contribution in [3.63, 3.8) is 0 Å². The lowest BCUT2D eigenvalue weighted by Gasteiger charge is -2.14. The van der Waals surface area contributed by atoms with Gasteiger partial charge in [0.25, 0.3) is 0 Å². The number of aryl methyl sites for hydroxylation is 1. The second-order valence-electron chi connectivity index (χ2n) is 7.78.